The third kappa shape index (κ3) is 3.73. The zero-order valence-corrected chi connectivity index (χ0v) is 17.7. The SMILES string of the molecule is CCC1CCCCN1C(=O)C1CCN(S(=O)(=O)c2ccc3c(c2)CCC3)CC1. The molecule has 2 aliphatic heterocycles. The maximum Gasteiger partial charge on any atom is 0.243 e. The molecule has 154 valence electrons. The lowest BCUT2D eigenvalue weighted by Crippen LogP contribution is -2.49. The molecule has 1 aromatic rings. The van der Waals surface area contributed by atoms with Gasteiger partial charge in [-0.2, -0.15) is 4.31 Å². The van der Waals surface area contributed by atoms with Gasteiger partial charge in [-0.1, -0.05) is 13.0 Å². The number of hydrogen-bond acceptors (Lipinski definition) is 3. The highest BCUT2D eigenvalue weighted by Gasteiger charge is 2.36. The minimum atomic E-state index is -3.46. The van der Waals surface area contributed by atoms with Gasteiger partial charge in [0.05, 0.1) is 4.90 Å². The van der Waals surface area contributed by atoms with Gasteiger partial charge in [-0.15, -0.1) is 0 Å². The molecule has 1 aliphatic carbocycles. The number of piperidine rings is 2. The molecule has 1 unspecified atom stereocenters. The highest BCUT2D eigenvalue weighted by molar-refractivity contribution is 7.89. The van der Waals surface area contributed by atoms with Gasteiger partial charge in [-0.05, 0) is 81.0 Å². The van der Waals surface area contributed by atoms with Crippen LogP contribution >= 0.6 is 0 Å². The summed E-state index contributed by atoms with van der Waals surface area (Å²) in [6, 6.07) is 5.98. The lowest BCUT2D eigenvalue weighted by molar-refractivity contribution is -0.140. The molecule has 2 fully saturated rings. The fraction of sp³-hybridized carbons (Fsp3) is 0.682. The third-order valence-corrected chi connectivity index (χ3v) is 8.79. The predicted octanol–water partition coefficient (Wildman–Crippen LogP) is 3.37. The highest BCUT2D eigenvalue weighted by atomic mass is 32.2. The van der Waals surface area contributed by atoms with Gasteiger partial charge in [-0.25, -0.2) is 8.42 Å². The van der Waals surface area contributed by atoms with Crippen LogP contribution in [0.3, 0.4) is 0 Å². The molecular weight excluding hydrogens is 372 g/mol. The summed E-state index contributed by atoms with van der Waals surface area (Å²) in [5.41, 5.74) is 2.47. The average Bonchev–Trinajstić information content (AvgIpc) is 3.21. The molecule has 0 saturated carbocycles. The van der Waals surface area contributed by atoms with Crippen molar-refractivity contribution in [2.75, 3.05) is 19.6 Å². The molecule has 1 aromatic carbocycles. The van der Waals surface area contributed by atoms with E-state index >= 15 is 0 Å². The Bertz CT molecular complexity index is 828. The van der Waals surface area contributed by atoms with Crippen molar-refractivity contribution in [3.8, 4) is 0 Å². The van der Waals surface area contributed by atoms with E-state index in [1.807, 2.05) is 12.1 Å². The summed E-state index contributed by atoms with van der Waals surface area (Å²) in [6.07, 6.45) is 8.83. The number of nitrogens with zero attached hydrogens (tertiary/aromatic N) is 2. The van der Waals surface area contributed by atoms with Gasteiger partial charge in [-0.3, -0.25) is 4.79 Å². The van der Waals surface area contributed by atoms with Crippen LogP contribution in [-0.2, 0) is 27.7 Å². The number of amides is 1. The van der Waals surface area contributed by atoms with Crippen molar-refractivity contribution in [3.05, 3.63) is 29.3 Å². The van der Waals surface area contributed by atoms with E-state index in [0.717, 1.165) is 45.1 Å². The van der Waals surface area contributed by atoms with E-state index in [0.29, 0.717) is 36.9 Å². The minimum Gasteiger partial charge on any atom is -0.339 e. The van der Waals surface area contributed by atoms with Crippen molar-refractivity contribution in [1.29, 1.82) is 0 Å². The second-order valence-corrected chi connectivity index (χ2v) is 10.5. The van der Waals surface area contributed by atoms with E-state index < -0.39 is 10.0 Å². The molecule has 2 saturated heterocycles. The van der Waals surface area contributed by atoms with Crippen molar-refractivity contribution in [1.82, 2.24) is 9.21 Å². The summed E-state index contributed by atoms with van der Waals surface area (Å²) < 4.78 is 27.8. The Hall–Kier alpha value is -1.40. The first-order valence-electron chi connectivity index (χ1n) is 10.9. The van der Waals surface area contributed by atoms with Gasteiger partial charge < -0.3 is 4.90 Å². The van der Waals surface area contributed by atoms with Crippen molar-refractivity contribution in [3.63, 3.8) is 0 Å². The first-order valence-corrected chi connectivity index (χ1v) is 12.4. The molecule has 3 aliphatic rings. The average molecular weight is 405 g/mol. The van der Waals surface area contributed by atoms with Crippen LogP contribution in [-0.4, -0.2) is 49.2 Å². The summed E-state index contributed by atoms with van der Waals surface area (Å²) in [4.78, 5) is 15.5. The summed E-state index contributed by atoms with van der Waals surface area (Å²) in [5, 5.41) is 0. The van der Waals surface area contributed by atoms with E-state index in [1.54, 1.807) is 10.4 Å². The van der Waals surface area contributed by atoms with Crippen LogP contribution in [0.2, 0.25) is 0 Å². The number of benzene rings is 1. The molecule has 4 rings (SSSR count). The smallest absolute Gasteiger partial charge is 0.243 e. The monoisotopic (exact) mass is 404 g/mol. The van der Waals surface area contributed by atoms with Gasteiger partial charge in [0.25, 0.3) is 0 Å². The Morgan fingerprint density at radius 1 is 1.00 bits per heavy atom. The lowest BCUT2D eigenvalue weighted by Gasteiger charge is -2.39. The van der Waals surface area contributed by atoms with E-state index in [-0.39, 0.29) is 11.8 Å². The first kappa shape index (κ1) is 19.9. The molecule has 2 heterocycles. The van der Waals surface area contributed by atoms with Crippen molar-refractivity contribution in [2.45, 2.75) is 75.6 Å². The number of carbonyl (C=O) groups excluding carboxylic acids is 1. The van der Waals surface area contributed by atoms with Crippen LogP contribution in [0.4, 0.5) is 0 Å². The molecule has 5 nitrogen and oxygen atoms in total. The van der Waals surface area contributed by atoms with Gasteiger partial charge in [0.1, 0.15) is 0 Å². The summed E-state index contributed by atoms with van der Waals surface area (Å²) in [7, 11) is -3.46. The van der Waals surface area contributed by atoms with Crippen molar-refractivity contribution in [2.24, 2.45) is 5.92 Å². The van der Waals surface area contributed by atoms with Crippen LogP contribution < -0.4 is 0 Å². The zero-order chi connectivity index (χ0) is 19.7. The predicted molar refractivity (Wildman–Crippen MR) is 110 cm³/mol. The lowest BCUT2D eigenvalue weighted by atomic mass is 9.92. The Kier molecular flexibility index (Phi) is 5.79. The quantitative estimate of drug-likeness (QED) is 0.773. The number of carbonyl (C=O) groups is 1. The first-order chi connectivity index (χ1) is 13.5. The Morgan fingerprint density at radius 2 is 1.75 bits per heavy atom. The second-order valence-electron chi connectivity index (χ2n) is 8.55. The number of hydrogen-bond donors (Lipinski definition) is 0. The maximum atomic E-state index is 13.1. The largest absolute Gasteiger partial charge is 0.339 e. The highest BCUT2D eigenvalue weighted by Crippen LogP contribution is 2.30. The Labute approximate surface area is 169 Å². The molecule has 0 spiro atoms. The van der Waals surface area contributed by atoms with Crippen molar-refractivity contribution >= 4 is 15.9 Å². The summed E-state index contributed by atoms with van der Waals surface area (Å²) >= 11 is 0. The van der Waals surface area contributed by atoms with Crippen LogP contribution in [0.25, 0.3) is 0 Å². The number of rotatable bonds is 4. The fourth-order valence-electron chi connectivity index (χ4n) is 5.15. The standard InChI is InChI=1S/C22H32N2O3S/c1-2-20-8-3-4-13-24(20)22(25)18-11-14-23(15-12-18)28(26,27)21-10-9-17-6-5-7-19(17)16-21/h9-10,16,18,20H,2-8,11-15H2,1H3. The van der Waals surface area contributed by atoms with Crippen molar-refractivity contribution < 1.29 is 13.2 Å². The van der Waals surface area contributed by atoms with E-state index in [4.69, 9.17) is 0 Å². The van der Waals surface area contributed by atoms with Crippen LogP contribution in [0.1, 0.15) is 63.0 Å². The molecule has 1 atom stereocenters. The number of sulfonamides is 1. The Balaban J connectivity index is 1.41. The minimum absolute atomic E-state index is 0.0291. The normalized spacial score (nSPS) is 24.3. The number of fused-ring (bicyclic) bond motifs is 1. The summed E-state index contributed by atoms with van der Waals surface area (Å²) in [5.74, 6) is 0.222. The van der Waals surface area contributed by atoms with Crippen LogP contribution in [0.5, 0.6) is 0 Å². The number of likely N-dealkylation sites (tertiary alicyclic amines) is 1. The van der Waals surface area contributed by atoms with Gasteiger partial charge >= 0.3 is 0 Å². The van der Waals surface area contributed by atoms with E-state index in [2.05, 4.69) is 11.8 Å². The second kappa shape index (κ2) is 8.15. The van der Waals surface area contributed by atoms with Gasteiger partial charge in [0.15, 0.2) is 0 Å². The maximum absolute atomic E-state index is 13.1. The fourth-order valence-corrected chi connectivity index (χ4v) is 6.67. The molecule has 0 bridgehead atoms. The summed E-state index contributed by atoms with van der Waals surface area (Å²) in [6.45, 7) is 3.91. The van der Waals surface area contributed by atoms with Crippen LogP contribution in [0.15, 0.2) is 23.1 Å². The topological polar surface area (TPSA) is 57.7 Å². The van der Waals surface area contributed by atoms with E-state index in [9.17, 15) is 13.2 Å². The Morgan fingerprint density at radius 3 is 2.50 bits per heavy atom. The molecule has 6 heteroatoms. The molecule has 28 heavy (non-hydrogen) atoms. The molecule has 0 aromatic heterocycles. The molecular formula is C22H32N2O3S. The molecule has 0 radical (unpaired) electrons. The molecule has 1 amide bonds. The molecule has 0 N–H and O–H groups in total. The zero-order valence-electron chi connectivity index (χ0n) is 16.9. The van der Waals surface area contributed by atoms with Gasteiger partial charge in [0, 0.05) is 31.6 Å². The van der Waals surface area contributed by atoms with Crippen LogP contribution in [0, 0.1) is 5.92 Å². The van der Waals surface area contributed by atoms with E-state index in [1.165, 1.54) is 17.5 Å². The van der Waals surface area contributed by atoms with Gasteiger partial charge in [0.2, 0.25) is 15.9 Å². The number of aryl methyl sites for hydroxylation is 2. The third-order valence-electron chi connectivity index (χ3n) is 6.89.